The van der Waals surface area contributed by atoms with Gasteiger partial charge in [0.05, 0.1) is 5.56 Å². The third-order valence-corrected chi connectivity index (χ3v) is 3.77. The normalized spacial score (nSPS) is 19.6. The second-order valence-electron chi connectivity index (χ2n) is 5.48. The van der Waals surface area contributed by atoms with Crippen molar-refractivity contribution in [3.05, 3.63) is 23.4 Å². The number of nitrogens with one attached hydrogen (secondary N) is 1. The molecule has 1 unspecified atom stereocenters. The molecule has 1 aliphatic rings. The molecule has 98 valence electrons. The molecule has 0 amide bonds. The van der Waals surface area contributed by atoms with Gasteiger partial charge in [-0.05, 0) is 37.3 Å². The Morgan fingerprint density at radius 2 is 2.22 bits per heavy atom. The zero-order valence-corrected chi connectivity index (χ0v) is 11.4. The van der Waals surface area contributed by atoms with Gasteiger partial charge in [0.2, 0.25) is 0 Å². The Bertz CT molecular complexity index is 453. The highest BCUT2D eigenvalue weighted by molar-refractivity contribution is 5.99. The number of rotatable bonds is 3. The molecule has 0 spiro atoms. The third-order valence-electron chi connectivity index (χ3n) is 3.77. The lowest BCUT2D eigenvalue weighted by molar-refractivity contribution is 0.422. The third kappa shape index (κ3) is 2.47. The average Bonchev–Trinajstić information content (AvgIpc) is 2.77. The SMILES string of the molecule is Cc1ccc(C(=N)N)c(N2CCC(C(C)C)C2)n1. The maximum Gasteiger partial charge on any atom is 0.139 e. The molecule has 0 bridgehead atoms. The van der Waals surface area contributed by atoms with Crippen LogP contribution in [-0.2, 0) is 0 Å². The zero-order valence-electron chi connectivity index (χ0n) is 11.4. The first-order chi connectivity index (χ1) is 8.49. The summed E-state index contributed by atoms with van der Waals surface area (Å²) in [5.41, 5.74) is 7.37. The van der Waals surface area contributed by atoms with Crippen LogP contribution < -0.4 is 10.6 Å². The van der Waals surface area contributed by atoms with E-state index in [1.165, 1.54) is 6.42 Å². The molecule has 2 heterocycles. The highest BCUT2D eigenvalue weighted by atomic mass is 15.2. The summed E-state index contributed by atoms with van der Waals surface area (Å²) in [6, 6.07) is 3.82. The fourth-order valence-electron chi connectivity index (χ4n) is 2.52. The molecule has 1 saturated heterocycles. The fraction of sp³-hybridized carbons (Fsp3) is 0.571. The van der Waals surface area contributed by atoms with Crippen LogP contribution in [0.15, 0.2) is 12.1 Å². The molecule has 1 aliphatic heterocycles. The molecule has 1 aromatic rings. The molecule has 0 aliphatic carbocycles. The molecule has 4 heteroatoms. The summed E-state index contributed by atoms with van der Waals surface area (Å²) in [5, 5.41) is 7.66. The van der Waals surface area contributed by atoms with Crippen molar-refractivity contribution in [1.82, 2.24) is 4.98 Å². The second kappa shape index (κ2) is 4.96. The van der Waals surface area contributed by atoms with Gasteiger partial charge in [-0.3, -0.25) is 5.41 Å². The Hall–Kier alpha value is -1.58. The lowest BCUT2D eigenvalue weighted by Crippen LogP contribution is -2.26. The number of amidine groups is 1. The largest absolute Gasteiger partial charge is 0.384 e. The van der Waals surface area contributed by atoms with Crippen LogP contribution >= 0.6 is 0 Å². The Morgan fingerprint density at radius 1 is 1.50 bits per heavy atom. The lowest BCUT2D eigenvalue weighted by Gasteiger charge is -2.21. The number of hydrogen-bond acceptors (Lipinski definition) is 3. The second-order valence-corrected chi connectivity index (χ2v) is 5.48. The van der Waals surface area contributed by atoms with Gasteiger partial charge in [-0.25, -0.2) is 4.98 Å². The molecule has 1 aromatic heterocycles. The van der Waals surface area contributed by atoms with Crippen LogP contribution in [0, 0.1) is 24.2 Å². The van der Waals surface area contributed by atoms with Crippen molar-refractivity contribution in [2.24, 2.45) is 17.6 Å². The summed E-state index contributed by atoms with van der Waals surface area (Å²) in [7, 11) is 0. The van der Waals surface area contributed by atoms with Gasteiger partial charge in [0.15, 0.2) is 0 Å². The van der Waals surface area contributed by atoms with Crippen LogP contribution in [0.1, 0.15) is 31.5 Å². The molecule has 0 radical (unpaired) electrons. The van der Waals surface area contributed by atoms with Crippen LogP contribution in [-0.4, -0.2) is 23.9 Å². The smallest absolute Gasteiger partial charge is 0.139 e. The van der Waals surface area contributed by atoms with Crippen molar-refractivity contribution in [3.63, 3.8) is 0 Å². The van der Waals surface area contributed by atoms with Gasteiger partial charge < -0.3 is 10.6 Å². The van der Waals surface area contributed by atoms with Crippen LogP contribution in [0.25, 0.3) is 0 Å². The molecule has 3 N–H and O–H groups in total. The Morgan fingerprint density at radius 3 is 2.78 bits per heavy atom. The van der Waals surface area contributed by atoms with Crippen molar-refractivity contribution >= 4 is 11.7 Å². The number of aryl methyl sites for hydroxylation is 1. The Kier molecular flexibility index (Phi) is 3.55. The Balaban J connectivity index is 2.28. The van der Waals surface area contributed by atoms with Gasteiger partial charge in [0.25, 0.3) is 0 Å². The highest BCUT2D eigenvalue weighted by Gasteiger charge is 2.27. The van der Waals surface area contributed by atoms with Crippen molar-refractivity contribution in [3.8, 4) is 0 Å². The van der Waals surface area contributed by atoms with Gasteiger partial charge in [0, 0.05) is 18.8 Å². The van der Waals surface area contributed by atoms with Crippen LogP contribution in [0.5, 0.6) is 0 Å². The van der Waals surface area contributed by atoms with Crippen LogP contribution in [0.2, 0.25) is 0 Å². The summed E-state index contributed by atoms with van der Waals surface area (Å²) >= 11 is 0. The van der Waals surface area contributed by atoms with E-state index in [-0.39, 0.29) is 5.84 Å². The van der Waals surface area contributed by atoms with Gasteiger partial charge in [-0.15, -0.1) is 0 Å². The molecular weight excluding hydrogens is 224 g/mol. The minimum atomic E-state index is 0.102. The minimum Gasteiger partial charge on any atom is -0.384 e. The van der Waals surface area contributed by atoms with E-state index < -0.39 is 0 Å². The fourth-order valence-corrected chi connectivity index (χ4v) is 2.52. The van der Waals surface area contributed by atoms with Crippen molar-refractivity contribution in [2.45, 2.75) is 27.2 Å². The van der Waals surface area contributed by atoms with E-state index in [2.05, 4.69) is 23.7 Å². The van der Waals surface area contributed by atoms with E-state index in [0.717, 1.165) is 30.2 Å². The highest BCUT2D eigenvalue weighted by Crippen LogP contribution is 2.29. The number of hydrogen-bond donors (Lipinski definition) is 2. The number of aromatic nitrogens is 1. The summed E-state index contributed by atoms with van der Waals surface area (Å²) in [4.78, 5) is 6.85. The van der Waals surface area contributed by atoms with Gasteiger partial charge in [0.1, 0.15) is 11.7 Å². The molecule has 1 fully saturated rings. The number of pyridine rings is 1. The molecular formula is C14H22N4. The number of anilines is 1. The predicted molar refractivity (Wildman–Crippen MR) is 75.1 cm³/mol. The van der Waals surface area contributed by atoms with Gasteiger partial charge in [-0.2, -0.15) is 0 Å². The minimum absolute atomic E-state index is 0.102. The topological polar surface area (TPSA) is 66.0 Å². The summed E-state index contributed by atoms with van der Waals surface area (Å²) in [6.45, 7) is 8.55. The molecule has 0 aromatic carbocycles. The number of nitrogens with zero attached hydrogens (tertiary/aromatic N) is 2. The van der Waals surface area contributed by atoms with Gasteiger partial charge >= 0.3 is 0 Å². The predicted octanol–water partition coefficient (Wildman–Crippen LogP) is 2.16. The first-order valence-corrected chi connectivity index (χ1v) is 6.56. The lowest BCUT2D eigenvalue weighted by atomic mass is 9.95. The molecule has 0 saturated carbocycles. The zero-order chi connectivity index (χ0) is 13.3. The van der Waals surface area contributed by atoms with E-state index in [1.54, 1.807) is 0 Å². The van der Waals surface area contributed by atoms with Crippen molar-refractivity contribution < 1.29 is 0 Å². The maximum absolute atomic E-state index is 7.66. The first kappa shape index (κ1) is 12.9. The van der Waals surface area contributed by atoms with E-state index in [1.807, 2.05) is 19.1 Å². The number of nitrogen functional groups attached to an aromatic ring is 1. The van der Waals surface area contributed by atoms with E-state index in [0.29, 0.717) is 11.8 Å². The van der Waals surface area contributed by atoms with Gasteiger partial charge in [-0.1, -0.05) is 13.8 Å². The number of nitrogens with two attached hydrogens (primary N) is 1. The molecule has 2 rings (SSSR count). The quantitative estimate of drug-likeness (QED) is 0.634. The standard InChI is InChI=1S/C14H22N4/c1-9(2)11-6-7-18(8-11)14-12(13(15)16)5-4-10(3)17-14/h4-5,9,11H,6-8H2,1-3H3,(H3,15,16). The van der Waals surface area contributed by atoms with Crippen LogP contribution in [0.3, 0.4) is 0 Å². The van der Waals surface area contributed by atoms with Crippen molar-refractivity contribution in [1.29, 1.82) is 5.41 Å². The Labute approximate surface area is 109 Å². The molecule has 1 atom stereocenters. The van der Waals surface area contributed by atoms with E-state index in [4.69, 9.17) is 11.1 Å². The molecule has 18 heavy (non-hydrogen) atoms. The first-order valence-electron chi connectivity index (χ1n) is 6.56. The average molecular weight is 246 g/mol. The monoisotopic (exact) mass is 246 g/mol. The molecule has 4 nitrogen and oxygen atoms in total. The van der Waals surface area contributed by atoms with Crippen molar-refractivity contribution in [2.75, 3.05) is 18.0 Å². The summed E-state index contributed by atoms with van der Waals surface area (Å²) in [6.07, 6.45) is 1.20. The van der Waals surface area contributed by atoms with E-state index >= 15 is 0 Å². The summed E-state index contributed by atoms with van der Waals surface area (Å²) < 4.78 is 0. The summed E-state index contributed by atoms with van der Waals surface area (Å²) in [5.74, 6) is 2.39. The van der Waals surface area contributed by atoms with E-state index in [9.17, 15) is 0 Å². The van der Waals surface area contributed by atoms with Crippen LogP contribution in [0.4, 0.5) is 5.82 Å². The maximum atomic E-state index is 7.66.